The molecule has 1 N–H and O–H groups in total. The van der Waals surface area contributed by atoms with Crippen molar-refractivity contribution >= 4 is 5.69 Å². The van der Waals surface area contributed by atoms with E-state index in [1.165, 1.54) is 19.3 Å². The Balaban J connectivity index is 1.89. The molecule has 90 valence electrons. The molecule has 0 aromatic heterocycles. The van der Waals surface area contributed by atoms with Crippen molar-refractivity contribution in [2.24, 2.45) is 0 Å². The number of anilines is 1. The van der Waals surface area contributed by atoms with Crippen molar-refractivity contribution in [2.75, 3.05) is 25.0 Å². The highest BCUT2D eigenvalue weighted by atomic mass is 15.1. The molecular formula is C14H19N3. The molecule has 1 unspecified atom stereocenters. The zero-order valence-electron chi connectivity index (χ0n) is 10.3. The molecule has 1 fully saturated rings. The summed E-state index contributed by atoms with van der Waals surface area (Å²) in [4.78, 5) is 2.22. The van der Waals surface area contributed by atoms with Crippen LogP contribution in [0.25, 0.3) is 0 Å². The predicted octanol–water partition coefficient (Wildman–Crippen LogP) is 2.14. The van der Waals surface area contributed by atoms with Gasteiger partial charge in [0, 0.05) is 25.3 Å². The van der Waals surface area contributed by atoms with Crippen LogP contribution >= 0.6 is 0 Å². The van der Waals surface area contributed by atoms with Crippen molar-refractivity contribution in [1.82, 2.24) is 5.32 Å². The molecule has 1 heterocycles. The first-order valence-corrected chi connectivity index (χ1v) is 6.24. The maximum Gasteiger partial charge on any atom is 0.0992 e. The van der Waals surface area contributed by atoms with E-state index in [0.29, 0.717) is 6.04 Å². The first kappa shape index (κ1) is 11.9. The van der Waals surface area contributed by atoms with Crippen LogP contribution in [-0.4, -0.2) is 26.2 Å². The van der Waals surface area contributed by atoms with Crippen LogP contribution in [0.4, 0.5) is 5.69 Å². The number of benzene rings is 1. The number of rotatable bonds is 4. The third kappa shape index (κ3) is 3.21. The van der Waals surface area contributed by atoms with Gasteiger partial charge in [0.25, 0.3) is 0 Å². The number of hydrogen-bond donors (Lipinski definition) is 1. The molecule has 3 nitrogen and oxygen atoms in total. The minimum Gasteiger partial charge on any atom is -0.375 e. The summed E-state index contributed by atoms with van der Waals surface area (Å²) >= 11 is 0. The Morgan fingerprint density at radius 1 is 1.53 bits per heavy atom. The molecule has 0 bridgehead atoms. The Bertz CT molecular complexity index is 402. The van der Waals surface area contributed by atoms with Crippen LogP contribution in [0.1, 0.15) is 24.8 Å². The van der Waals surface area contributed by atoms with Gasteiger partial charge in [-0.1, -0.05) is 6.07 Å². The standard InChI is InChI=1S/C14H19N3/c1-17(9-7-13-5-3-8-16-13)14-6-2-4-12(10-14)11-15/h2,4,6,10,13,16H,3,5,7-9H2,1H3. The van der Waals surface area contributed by atoms with Crippen LogP contribution in [0.15, 0.2) is 24.3 Å². The Labute approximate surface area is 103 Å². The fourth-order valence-electron chi connectivity index (χ4n) is 2.29. The fraction of sp³-hybridized carbons (Fsp3) is 0.500. The normalized spacial score (nSPS) is 18.9. The molecule has 1 atom stereocenters. The van der Waals surface area contributed by atoms with E-state index in [0.717, 1.165) is 24.3 Å². The van der Waals surface area contributed by atoms with Crippen LogP contribution in [0.3, 0.4) is 0 Å². The molecule has 1 aliphatic heterocycles. The Morgan fingerprint density at radius 3 is 3.12 bits per heavy atom. The zero-order valence-corrected chi connectivity index (χ0v) is 10.3. The van der Waals surface area contributed by atoms with Crippen molar-refractivity contribution in [1.29, 1.82) is 5.26 Å². The van der Waals surface area contributed by atoms with E-state index in [1.807, 2.05) is 18.2 Å². The van der Waals surface area contributed by atoms with Gasteiger partial charge in [-0.2, -0.15) is 5.26 Å². The van der Waals surface area contributed by atoms with E-state index in [4.69, 9.17) is 5.26 Å². The average molecular weight is 229 g/mol. The predicted molar refractivity (Wildman–Crippen MR) is 70.1 cm³/mol. The van der Waals surface area contributed by atoms with Crippen molar-refractivity contribution in [2.45, 2.75) is 25.3 Å². The number of nitriles is 1. The number of nitrogens with zero attached hydrogens (tertiary/aromatic N) is 2. The molecule has 0 spiro atoms. The fourth-order valence-corrected chi connectivity index (χ4v) is 2.29. The lowest BCUT2D eigenvalue weighted by Crippen LogP contribution is -2.28. The number of hydrogen-bond acceptors (Lipinski definition) is 3. The van der Waals surface area contributed by atoms with Crippen LogP contribution in [-0.2, 0) is 0 Å². The summed E-state index contributed by atoms with van der Waals surface area (Å²) < 4.78 is 0. The first-order valence-electron chi connectivity index (χ1n) is 6.24. The highest BCUT2D eigenvalue weighted by molar-refractivity contribution is 5.50. The number of nitrogens with one attached hydrogen (secondary N) is 1. The molecule has 1 aliphatic rings. The summed E-state index contributed by atoms with van der Waals surface area (Å²) in [5, 5.41) is 12.4. The lowest BCUT2D eigenvalue weighted by molar-refractivity contribution is 0.559. The minimum atomic E-state index is 0.677. The van der Waals surface area contributed by atoms with E-state index >= 15 is 0 Å². The second-order valence-corrected chi connectivity index (χ2v) is 4.67. The molecule has 0 aliphatic carbocycles. The van der Waals surface area contributed by atoms with Crippen molar-refractivity contribution < 1.29 is 0 Å². The van der Waals surface area contributed by atoms with Gasteiger partial charge in [-0.25, -0.2) is 0 Å². The largest absolute Gasteiger partial charge is 0.375 e. The molecule has 1 saturated heterocycles. The molecule has 1 aromatic carbocycles. The third-order valence-electron chi connectivity index (χ3n) is 3.39. The van der Waals surface area contributed by atoms with Gasteiger partial charge in [0.15, 0.2) is 0 Å². The van der Waals surface area contributed by atoms with E-state index < -0.39 is 0 Å². The smallest absolute Gasteiger partial charge is 0.0992 e. The van der Waals surface area contributed by atoms with Crippen molar-refractivity contribution in [3.8, 4) is 6.07 Å². The summed E-state index contributed by atoms with van der Waals surface area (Å²) in [5.74, 6) is 0. The monoisotopic (exact) mass is 229 g/mol. The summed E-state index contributed by atoms with van der Waals surface area (Å²) in [7, 11) is 2.09. The highest BCUT2D eigenvalue weighted by Gasteiger charge is 2.14. The molecule has 0 radical (unpaired) electrons. The van der Waals surface area contributed by atoms with Gasteiger partial charge in [-0.15, -0.1) is 0 Å². The van der Waals surface area contributed by atoms with E-state index in [9.17, 15) is 0 Å². The zero-order chi connectivity index (χ0) is 12.1. The Kier molecular flexibility index (Phi) is 4.00. The van der Waals surface area contributed by atoms with Gasteiger partial charge in [0.05, 0.1) is 11.6 Å². The Hall–Kier alpha value is -1.53. The molecule has 1 aromatic rings. The van der Waals surface area contributed by atoms with E-state index in [2.05, 4.69) is 29.4 Å². The second kappa shape index (κ2) is 5.70. The SMILES string of the molecule is CN(CCC1CCCN1)c1cccc(C#N)c1. The van der Waals surface area contributed by atoms with Crippen molar-refractivity contribution in [3.63, 3.8) is 0 Å². The summed E-state index contributed by atoms with van der Waals surface area (Å²) in [5.41, 5.74) is 1.86. The lowest BCUT2D eigenvalue weighted by atomic mass is 10.1. The van der Waals surface area contributed by atoms with Gasteiger partial charge in [0.1, 0.15) is 0 Å². The molecule has 17 heavy (non-hydrogen) atoms. The third-order valence-corrected chi connectivity index (χ3v) is 3.39. The van der Waals surface area contributed by atoms with Gasteiger partial charge in [-0.05, 0) is 44.0 Å². The minimum absolute atomic E-state index is 0.677. The van der Waals surface area contributed by atoms with E-state index in [-0.39, 0.29) is 0 Å². The molecule has 0 saturated carbocycles. The Morgan fingerprint density at radius 2 is 2.41 bits per heavy atom. The van der Waals surface area contributed by atoms with E-state index in [1.54, 1.807) is 0 Å². The molecular weight excluding hydrogens is 210 g/mol. The second-order valence-electron chi connectivity index (χ2n) is 4.67. The maximum absolute atomic E-state index is 8.87. The topological polar surface area (TPSA) is 39.1 Å². The van der Waals surface area contributed by atoms with Gasteiger partial charge >= 0.3 is 0 Å². The van der Waals surface area contributed by atoms with Gasteiger partial charge in [-0.3, -0.25) is 0 Å². The lowest BCUT2D eigenvalue weighted by Gasteiger charge is -2.21. The summed E-state index contributed by atoms with van der Waals surface area (Å²) in [6.07, 6.45) is 3.78. The van der Waals surface area contributed by atoms with Crippen LogP contribution < -0.4 is 10.2 Å². The molecule has 2 rings (SSSR count). The van der Waals surface area contributed by atoms with Crippen LogP contribution in [0.5, 0.6) is 0 Å². The summed E-state index contributed by atoms with van der Waals surface area (Å²) in [6, 6.07) is 10.6. The van der Waals surface area contributed by atoms with Crippen LogP contribution in [0, 0.1) is 11.3 Å². The quantitative estimate of drug-likeness (QED) is 0.859. The van der Waals surface area contributed by atoms with Crippen LogP contribution in [0.2, 0.25) is 0 Å². The maximum atomic E-state index is 8.87. The van der Waals surface area contributed by atoms with Crippen molar-refractivity contribution in [3.05, 3.63) is 29.8 Å². The average Bonchev–Trinajstić information content (AvgIpc) is 2.89. The molecule has 3 heteroatoms. The highest BCUT2D eigenvalue weighted by Crippen LogP contribution is 2.16. The van der Waals surface area contributed by atoms with Gasteiger partial charge < -0.3 is 10.2 Å². The summed E-state index contributed by atoms with van der Waals surface area (Å²) in [6.45, 7) is 2.20. The van der Waals surface area contributed by atoms with Gasteiger partial charge in [0.2, 0.25) is 0 Å². The first-order chi connectivity index (χ1) is 8.29. The molecule has 0 amide bonds.